The van der Waals surface area contributed by atoms with E-state index in [1.54, 1.807) is 64.1 Å². The predicted octanol–water partition coefficient (Wildman–Crippen LogP) is 9.38. The van der Waals surface area contributed by atoms with Crippen molar-refractivity contribution in [2.45, 2.75) is 58.4 Å². The van der Waals surface area contributed by atoms with E-state index in [2.05, 4.69) is 47.8 Å². The third kappa shape index (κ3) is 13.1. The Bertz CT molecular complexity index is 1710. The summed E-state index contributed by atoms with van der Waals surface area (Å²) in [5, 5.41) is 10.9. The molecule has 0 aliphatic heterocycles. The molecule has 8 nitrogen and oxygen atoms in total. The summed E-state index contributed by atoms with van der Waals surface area (Å²) in [5.41, 5.74) is -2.23. The summed E-state index contributed by atoms with van der Waals surface area (Å²) in [5.74, 6) is -3.57. The first-order valence-corrected chi connectivity index (χ1v) is 14.3. The van der Waals surface area contributed by atoms with Crippen LogP contribution in [-0.4, -0.2) is 41.8 Å². The van der Waals surface area contributed by atoms with E-state index in [9.17, 15) is 43.9 Å². The average molecular weight is 905 g/mol. The van der Waals surface area contributed by atoms with Crippen LogP contribution in [0.1, 0.15) is 45.4 Å². The SMILES string of the molecule is CC(C)[N-]C([N-]C(C)C)n1nc(C(F)(F)F)cc1C(F)(F)F.Fc1c[c-]c(-c2ccccn2)c(F)n1.Fc1c[c-]c(-c2ccccn2)c(F)n1.[Ir]. The standard InChI is InChI=1S/C12H16F6N4.2C10H5F2N2.Ir/c1-6(2)19-10(20-7(3)4)22-9(12(16,17)18)5-8(21-22)11(13,14)15;2*11-9-5-4-7(10(12)14-9)8-3-1-2-6-13-8;/h5-7,10H,1-4H3;2*1-3,5-6H;/q-2;2*-1;. The maximum atomic E-state index is 13.1. The van der Waals surface area contributed by atoms with Gasteiger partial charge in [0.15, 0.2) is 5.69 Å². The van der Waals surface area contributed by atoms with Gasteiger partial charge in [0.05, 0.1) is 0 Å². The van der Waals surface area contributed by atoms with Gasteiger partial charge in [-0.25, -0.2) is 17.6 Å². The van der Waals surface area contributed by atoms with Crippen LogP contribution in [0.25, 0.3) is 33.1 Å². The fourth-order valence-electron chi connectivity index (χ4n) is 3.75. The van der Waals surface area contributed by atoms with Crippen molar-refractivity contribution in [3.05, 3.63) is 125 Å². The van der Waals surface area contributed by atoms with E-state index in [1.807, 2.05) is 0 Å². The Kier molecular flexibility index (Phi) is 15.8. The first-order valence-electron chi connectivity index (χ1n) is 14.3. The molecule has 0 aliphatic carbocycles. The van der Waals surface area contributed by atoms with Gasteiger partial charge in [-0.1, -0.05) is 75.2 Å². The summed E-state index contributed by atoms with van der Waals surface area (Å²) in [6.45, 7) is 6.35. The van der Waals surface area contributed by atoms with Crippen LogP contribution in [0.2, 0.25) is 0 Å². The minimum absolute atomic E-state index is 0. The van der Waals surface area contributed by atoms with Crippen molar-refractivity contribution >= 4 is 0 Å². The average Bonchev–Trinajstić information content (AvgIpc) is 3.50. The molecule has 5 rings (SSSR count). The first kappa shape index (κ1) is 42.8. The molecule has 0 unspecified atom stereocenters. The molecule has 19 heteroatoms. The fourth-order valence-corrected chi connectivity index (χ4v) is 3.75. The third-order valence-electron chi connectivity index (χ3n) is 5.73. The number of hydrogen-bond acceptors (Lipinski definition) is 5. The molecule has 0 atom stereocenters. The van der Waals surface area contributed by atoms with E-state index >= 15 is 0 Å². The number of alkyl halides is 6. The molecule has 5 aromatic heterocycles. The Labute approximate surface area is 299 Å². The molecular formula is C32H26F10IrN8-4. The Morgan fingerprint density at radius 1 is 0.667 bits per heavy atom. The molecule has 5 aromatic rings. The van der Waals surface area contributed by atoms with Crippen molar-refractivity contribution < 1.29 is 64.0 Å². The molecule has 5 heterocycles. The Balaban J connectivity index is 0.000000272. The van der Waals surface area contributed by atoms with Gasteiger partial charge in [-0.3, -0.25) is 14.6 Å². The van der Waals surface area contributed by atoms with E-state index < -0.39 is 65.9 Å². The molecule has 0 saturated heterocycles. The van der Waals surface area contributed by atoms with Crippen LogP contribution in [0.3, 0.4) is 0 Å². The zero-order chi connectivity index (χ0) is 37.2. The molecular weight excluding hydrogens is 879 g/mol. The van der Waals surface area contributed by atoms with Gasteiger partial charge in [-0.2, -0.15) is 31.4 Å². The molecule has 0 amide bonds. The zero-order valence-electron chi connectivity index (χ0n) is 26.8. The van der Waals surface area contributed by atoms with Crippen LogP contribution >= 0.6 is 0 Å². The van der Waals surface area contributed by atoms with Gasteiger partial charge in [0.2, 0.25) is 0 Å². The van der Waals surface area contributed by atoms with Gasteiger partial charge >= 0.3 is 12.4 Å². The second kappa shape index (κ2) is 18.8. The smallest absolute Gasteiger partial charge is 0.435 e. The van der Waals surface area contributed by atoms with Crippen molar-refractivity contribution in [1.29, 1.82) is 0 Å². The second-order valence-corrected chi connectivity index (χ2v) is 10.4. The second-order valence-electron chi connectivity index (χ2n) is 10.4. The summed E-state index contributed by atoms with van der Waals surface area (Å²) in [6.07, 6.45) is -8.40. The predicted molar refractivity (Wildman–Crippen MR) is 161 cm³/mol. The van der Waals surface area contributed by atoms with Gasteiger partial charge in [0.1, 0.15) is 29.5 Å². The monoisotopic (exact) mass is 905 g/mol. The van der Waals surface area contributed by atoms with Gasteiger partial charge in [-0.15, -0.1) is 30.5 Å². The molecule has 0 aliphatic rings. The molecule has 0 bridgehead atoms. The Morgan fingerprint density at radius 2 is 1.10 bits per heavy atom. The Morgan fingerprint density at radius 3 is 1.41 bits per heavy atom. The quantitative estimate of drug-likeness (QED) is 0.0922. The van der Waals surface area contributed by atoms with Gasteiger partial charge in [0.25, 0.3) is 0 Å². The van der Waals surface area contributed by atoms with E-state index in [4.69, 9.17) is 0 Å². The zero-order valence-corrected chi connectivity index (χ0v) is 29.2. The summed E-state index contributed by atoms with van der Waals surface area (Å²) in [7, 11) is 0. The van der Waals surface area contributed by atoms with Crippen molar-refractivity contribution in [2.24, 2.45) is 0 Å². The molecule has 1 radical (unpaired) electrons. The van der Waals surface area contributed by atoms with Crippen molar-refractivity contribution in [2.75, 3.05) is 0 Å². The summed E-state index contributed by atoms with van der Waals surface area (Å²) >= 11 is 0. The van der Waals surface area contributed by atoms with E-state index in [1.165, 1.54) is 12.4 Å². The van der Waals surface area contributed by atoms with Gasteiger partial charge in [0, 0.05) is 38.6 Å². The van der Waals surface area contributed by atoms with Crippen molar-refractivity contribution in [1.82, 2.24) is 29.7 Å². The molecule has 51 heavy (non-hydrogen) atoms. The van der Waals surface area contributed by atoms with Crippen LogP contribution in [0.15, 0.2) is 67.0 Å². The maximum absolute atomic E-state index is 13.1. The molecule has 0 spiro atoms. The van der Waals surface area contributed by atoms with E-state index in [-0.39, 0.29) is 42.0 Å². The fraction of sp³-hybridized carbons (Fsp3) is 0.281. The van der Waals surface area contributed by atoms with E-state index in [0.717, 1.165) is 12.1 Å². The van der Waals surface area contributed by atoms with Crippen LogP contribution < -0.4 is 0 Å². The van der Waals surface area contributed by atoms with Crippen LogP contribution in [0.5, 0.6) is 0 Å². The summed E-state index contributed by atoms with van der Waals surface area (Å²) < 4.78 is 128. The summed E-state index contributed by atoms with van der Waals surface area (Å²) in [6, 6.07) is 16.0. The first-order chi connectivity index (χ1) is 23.4. The topological polar surface area (TPSA) is 97.6 Å². The molecule has 0 saturated carbocycles. The molecule has 277 valence electrons. The van der Waals surface area contributed by atoms with Gasteiger partial charge in [-0.05, 0) is 23.5 Å². The number of hydrogen-bond donors (Lipinski definition) is 0. The minimum atomic E-state index is -4.99. The molecule has 0 N–H and O–H groups in total. The minimum Gasteiger partial charge on any atom is -0.657 e. The largest absolute Gasteiger partial charge is 0.657 e. The van der Waals surface area contributed by atoms with Gasteiger partial charge < -0.3 is 20.6 Å². The van der Waals surface area contributed by atoms with Crippen LogP contribution in [0.4, 0.5) is 43.9 Å². The number of rotatable bonds is 7. The number of pyridine rings is 4. The van der Waals surface area contributed by atoms with Crippen molar-refractivity contribution in [3.63, 3.8) is 0 Å². The Hall–Kier alpha value is -4.32. The number of halogens is 10. The normalized spacial score (nSPS) is 11.5. The molecule has 0 aromatic carbocycles. The third-order valence-corrected chi connectivity index (χ3v) is 5.73. The number of nitrogens with zero attached hydrogens (tertiary/aromatic N) is 8. The van der Waals surface area contributed by atoms with Crippen molar-refractivity contribution in [3.8, 4) is 22.5 Å². The van der Waals surface area contributed by atoms with E-state index in [0.29, 0.717) is 11.4 Å². The summed E-state index contributed by atoms with van der Waals surface area (Å²) in [4.78, 5) is 13.9. The maximum Gasteiger partial charge on any atom is 0.435 e. The number of aromatic nitrogens is 6. The molecule has 0 fully saturated rings. The van der Waals surface area contributed by atoms with Crippen LogP contribution in [0, 0.1) is 35.9 Å². The van der Waals surface area contributed by atoms with Crippen LogP contribution in [-0.2, 0) is 32.5 Å².